The number of amides is 4. The number of carboxylic acids is 1. The summed E-state index contributed by atoms with van der Waals surface area (Å²) in [5, 5.41) is 195. The molecular weight excluding hydrogens is 1240 g/mol. The average Bonchev–Trinajstić information content (AvgIpc) is 1.01. The molecule has 0 aliphatic carbocycles. The number of carbonyl (C=O) groups excluding carboxylic acids is 4. The molecule has 0 unspecified atom stereocenters. The SMILES string of the molecule is CC(=O)N[C@@H]1[C@@H](O[C@@H]2O[C@H](CO)[C@@H](O[C@@H]3O[C@H](CO)[C@H](O)[C@H](O[C@]4(C(=O)O)C[C@H](O)[C@@H](NC(C)=O)[C@H]([C@H](O)[C@H](O)CO)O4)[C@H]3O)[C@H](O)[C@H]2NC(C)=O)[C@@H](O)[C@@H](CO[C@@H]2O[C@H](CO)[C@@H](O[C@@H]3O[C@H](COS(=O)(=O)O)[C@H](O)[C@H](O)[C@H]3O)[C@H](O)[C@H]2NC(C)=O)O[C@@H]1O. The van der Waals surface area contributed by atoms with Crippen LogP contribution >= 0.6 is 0 Å². The second-order valence-corrected chi connectivity index (χ2v) is 22.8. The zero-order chi connectivity index (χ0) is 66.5. The molecule has 6 saturated heterocycles. The highest BCUT2D eigenvalue weighted by atomic mass is 32.3. The maximum absolute atomic E-state index is 13.1. The molecule has 6 heterocycles. The van der Waals surface area contributed by atoms with Crippen LogP contribution in [-0.2, 0) is 90.7 Å². The van der Waals surface area contributed by atoms with Gasteiger partial charge in [0.15, 0.2) is 31.5 Å². The smallest absolute Gasteiger partial charge is 0.397 e. The Kier molecular flexibility index (Phi) is 26.2. The largest absolute Gasteiger partial charge is 0.477 e. The van der Waals surface area contributed by atoms with Crippen molar-refractivity contribution in [2.75, 3.05) is 39.6 Å². The maximum Gasteiger partial charge on any atom is 0.397 e. The standard InChI is InChI=1S/C47H78N4O37S/c1-12(56)48-23-16(60)5-47(46(72)73,87-39(23)27(62)17(61)6-52)88-40-29(64)18(7-53)80-45(35(40)70)85-37-20(9-55)82-43(25(32(37)67)50-14(3)58)86-38-26(51-15(4)59)41(71)79-21(30(38)65)10-77-42-24(49-13(2)57)31(66)36(19(8-54)81-42)84-44-34(69)33(68)28(63)22(83-44)11-78-89(74,75)76/h16-45,52-55,60-71H,5-11H2,1-4H3,(H,48,56)(H,49,57)(H,50,58)(H,51,59)(H,72,73)(H,74,75,76)/t16-,17+,18+,19+,20+,21+,22+,23+,24+,25+,26+,27+,28-,29-,30-,31+,32+,33-,34+,35+,36+,37+,38+,39+,40-,41-,42+,43-,44-,45-,47-/m0/s1. The Balaban J connectivity index is 1.22. The van der Waals surface area contributed by atoms with Gasteiger partial charge in [0.05, 0.1) is 51.8 Å². The van der Waals surface area contributed by atoms with Crippen molar-refractivity contribution >= 4 is 40.0 Å². The predicted octanol–water partition coefficient (Wildman–Crippen LogP) is -14.5. The van der Waals surface area contributed by atoms with Crippen LogP contribution in [0.3, 0.4) is 0 Å². The summed E-state index contributed by atoms with van der Waals surface area (Å²) in [4.78, 5) is 63.0. The van der Waals surface area contributed by atoms with Crippen LogP contribution in [0.15, 0.2) is 0 Å². The molecule has 6 fully saturated rings. The summed E-state index contributed by atoms with van der Waals surface area (Å²) in [5.41, 5.74) is 0. The van der Waals surface area contributed by atoms with E-state index in [2.05, 4.69) is 25.5 Å². The van der Waals surface area contributed by atoms with Crippen molar-refractivity contribution in [3.05, 3.63) is 0 Å². The number of aliphatic hydroxyl groups excluding tert-OH is 16. The Hall–Kier alpha value is -3.86. The normalized spacial score (nSPS) is 43.7. The minimum absolute atomic E-state index is 0.840. The number of nitrogens with one attached hydrogen (secondary N) is 4. The maximum atomic E-state index is 13.1. The monoisotopic (exact) mass is 1320 g/mol. The van der Waals surface area contributed by atoms with Crippen molar-refractivity contribution in [2.45, 2.75) is 224 Å². The molecule has 514 valence electrons. The average molecular weight is 1320 g/mol. The fourth-order valence-electron chi connectivity index (χ4n) is 10.9. The first-order valence-corrected chi connectivity index (χ1v) is 28.7. The third-order valence-corrected chi connectivity index (χ3v) is 15.6. The molecule has 6 rings (SSSR count). The highest BCUT2D eigenvalue weighted by molar-refractivity contribution is 7.80. The van der Waals surface area contributed by atoms with E-state index in [9.17, 15) is 119 Å². The Morgan fingerprint density at radius 2 is 0.966 bits per heavy atom. The van der Waals surface area contributed by atoms with E-state index in [0.717, 1.165) is 27.7 Å². The van der Waals surface area contributed by atoms with Crippen molar-refractivity contribution in [2.24, 2.45) is 0 Å². The lowest BCUT2D eigenvalue weighted by Crippen LogP contribution is -2.71. The third kappa shape index (κ3) is 17.5. The number of rotatable bonds is 25. The van der Waals surface area contributed by atoms with Gasteiger partial charge >= 0.3 is 16.4 Å². The molecule has 89 heavy (non-hydrogen) atoms. The summed E-state index contributed by atoms with van der Waals surface area (Å²) >= 11 is 0. The minimum atomic E-state index is -5.13. The second kappa shape index (κ2) is 31.4. The van der Waals surface area contributed by atoms with Gasteiger partial charge in [-0.05, 0) is 0 Å². The van der Waals surface area contributed by atoms with Gasteiger partial charge in [0.1, 0.15) is 140 Å². The van der Waals surface area contributed by atoms with Crippen LogP contribution in [0, 0.1) is 0 Å². The molecule has 6 aliphatic heterocycles. The zero-order valence-corrected chi connectivity index (χ0v) is 48.3. The Morgan fingerprint density at radius 1 is 0.517 bits per heavy atom. The first-order valence-electron chi connectivity index (χ1n) is 27.4. The predicted molar refractivity (Wildman–Crippen MR) is 273 cm³/mol. The first-order chi connectivity index (χ1) is 41.6. The summed E-state index contributed by atoms with van der Waals surface area (Å²) in [7, 11) is -5.13. The lowest BCUT2D eigenvalue weighted by atomic mass is 9.88. The Labute approximate surface area is 503 Å². The molecule has 6 aliphatic rings. The molecule has 0 aromatic carbocycles. The highest BCUT2D eigenvalue weighted by Gasteiger charge is 2.61. The molecule has 42 heteroatoms. The summed E-state index contributed by atoms with van der Waals surface area (Å²) in [6.07, 6.45) is -54.9. The van der Waals surface area contributed by atoms with Gasteiger partial charge in [-0.15, -0.1) is 0 Å². The number of carbonyl (C=O) groups is 5. The van der Waals surface area contributed by atoms with Crippen molar-refractivity contribution in [1.29, 1.82) is 0 Å². The van der Waals surface area contributed by atoms with Gasteiger partial charge in [0, 0.05) is 34.1 Å². The Morgan fingerprint density at radius 3 is 1.47 bits per heavy atom. The molecule has 0 aromatic rings. The van der Waals surface area contributed by atoms with Gasteiger partial charge in [-0.2, -0.15) is 8.42 Å². The van der Waals surface area contributed by atoms with Gasteiger partial charge in [0.25, 0.3) is 5.79 Å². The number of carboxylic acid groups (broad SMARTS) is 1. The number of ether oxygens (including phenoxy) is 11. The molecule has 0 bridgehead atoms. The molecule has 4 amide bonds. The van der Waals surface area contributed by atoms with Crippen LogP contribution in [0.2, 0.25) is 0 Å². The van der Waals surface area contributed by atoms with Gasteiger partial charge in [0.2, 0.25) is 23.6 Å². The number of aliphatic hydroxyl groups is 16. The van der Waals surface area contributed by atoms with E-state index in [1.807, 2.05) is 0 Å². The van der Waals surface area contributed by atoms with Crippen molar-refractivity contribution in [1.82, 2.24) is 21.3 Å². The fourth-order valence-corrected chi connectivity index (χ4v) is 11.2. The lowest BCUT2D eigenvalue weighted by molar-refractivity contribution is -0.385. The summed E-state index contributed by atoms with van der Waals surface area (Å²) in [6, 6.07) is -7.14. The van der Waals surface area contributed by atoms with Gasteiger partial charge < -0.3 is 160 Å². The fraction of sp³-hybridized carbons (Fsp3) is 0.894. The molecule has 31 atom stereocenters. The van der Waals surface area contributed by atoms with E-state index in [4.69, 9.17) is 56.7 Å². The summed E-state index contributed by atoms with van der Waals surface area (Å²) in [6.45, 7) is -2.73. The van der Waals surface area contributed by atoms with Crippen molar-refractivity contribution < 1.29 is 180 Å². The van der Waals surface area contributed by atoms with Crippen LogP contribution in [0.25, 0.3) is 0 Å². The molecule has 22 N–H and O–H groups in total. The van der Waals surface area contributed by atoms with Crippen LogP contribution in [0.4, 0.5) is 0 Å². The van der Waals surface area contributed by atoms with E-state index in [0.29, 0.717) is 0 Å². The topological polar surface area (TPSA) is 643 Å². The summed E-state index contributed by atoms with van der Waals surface area (Å²) in [5.74, 6) is -8.84. The Bertz CT molecular complexity index is 2480. The molecular formula is C47H78N4O37S. The van der Waals surface area contributed by atoms with Crippen LogP contribution in [0.1, 0.15) is 34.1 Å². The van der Waals surface area contributed by atoms with Gasteiger partial charge in [-0.3, -0.25) is 23.7 Å². The molecule has 0 radical (unpaired) electrons. The highest BCUT2D eigenvalue weighted by Crippen LogP contribution is 2.40. The van der Waals surface area contributed by atoms with Crippen LogP contribution in [-0.4, -0.2) is 359 Å². The van der Waals surface area contributed by atoms with E-state index >= 15 is 0 Å². The van der Waals surface area contributed by atoms with Crippen LogP contribution in [0.5, 0.6) is 0 Å². The van der Waals surface area contributed by atoms with Gasteiger partial charge in [-0.1, -0.05) is 0 Å². The third-order valence-electron chi connectivity index (χ3n) is 15.2. The van der Waals surface area contributed by atoms with E-state index < -0.39 is 276 Å². The number of aliphatic carboxylic acids is 1. The zero-order valence-electron chi connectivity index (χ0n) is 47.5. The van der Waals surface area contributed by atoms with Crippen molar-refractivity contribution in [3.63, 3.8) is 0 Å². The van der Waals surface area contributed by atoms with E-state index in [1.165, 1.54) is 0 Å². The number of hydrogen-bond acceptors (Lipinski definition) is 35. The molecule has 41 nitrogen and oxygen atoms in total. The molecule has 0 aromatic heterocycles. The van der Waals surface area contributed by atoms with Crippen molar-refractivity contribution in [3.8, 4) is 0 Å². The lowest BCUT2D eigenvalue weighted by Gasteiger charge is -2.51. The second-order valence-electron chi connectivity index (χ2n) is 21.7. The number of hydrogen-bond donors (Lipinski definition) is 22. The van der Waals surface area contributed by atoms with Crippen LogP contribution < -0.4 is 21.3 Å². The van der Waals surface area contributed by atoms with Gasteiger partial charge in [-0.25, -0.2) is 8.98 Å². The first kappa shape index (κ1) is 74.2. The van der Waals surface area contributed by atoms with E-state index in [1.54, 1.807) is 0 Å². The molecule has 0 spiro atoms. The molecule has 0 saturated carbocycles. The quantitative estimate of drug-likeness (QED) is 0.0377. The van der Waals surface area contributed by atoms with E-state index in [-0.39, 0.29) is 0 Å². The summed E-state index contributed by atoms with van der Waals surface area (Å²) < 4.78 is 98.9. The minimum Gasteiger partial charge on any atom is -0.477 e.